The van der Waals surface area contributed by atoms with Crippen molar-refractivity contribution in [2.45, 2.75) is 0 Å². The highest BCUT2D eigenvalue weighted by Gasteiger charge is 2.19. The zero-order valence-electron chi connectivity index (χ0n) is 10.7. The van der Waals surface area contributed by atoms with Gasteiger partial charge in [-0.05, 0) is 30.3 Å². The number of carbonyl (C=O) groups is 1. The van der Waals surface area contributed by atoms with Gasteiger partial charge in [0.05, 0.1) is 16.4 Å². The summed E-state index contributed by atoms with van der Waals surface area (Å²) in [5.41, 5.74) is -0.231. The van der Waals surface area contributed by atoms with Gasteiger partial charge in [0.15, 0.2) is 0 Å². The third kappa shape index (κ3) is 3.19. The van der Waals surface area contributed by atoms with Crippen LogP contribution in [0, 0.1) is 5.82 Å². The van der Waals surface area contributed by atoms with Crippen molar-refractivity contribution in [2.75, 3.05) is 4.31 Å². The van der Waals surface area contributed by atoms with E-state index in [9.17, 15) is 23.1 Å². The van der Waals surface area contributed by atoms with E-state index in [0.29, 0.717) is 0 Å². The van der Waals surface area contributed by atoms with Gasteiger partial charge < -0.3 is 10.2 Å². The van der Waals surface area contributed by atoms with Crippen LogP contribution in [-0.4, -0.2) is 24.9 Å². The fraction of sp³-hybridized carbons (Fsp3) is 0. The van der Waals surface area contributed by atoms with Crippen molar-refractivity contribution in [1.29, 1.82) is 0 Å². The standard InChI is InChI=1S/C13H9ClFNO5S/c14-10-5-7(2-4-11(10)15)16(22(20)21)8-1-3-9(13(18)19)12(17)6-8/h1-6,17H,(H,18,19)(H,20,21). The molecule has 3 N–H and O–H groups in total. The van der Waals surface area contributed by atoms with E-state index in [0.717, 1.165) is 28.6 Å². The van der Waals surface area contributed by atoms with Gasteiger partial charge in [0.2, 0.25) is 0 Å². The second kappa shape index (κ2) is 6.30. The minimum absolute atomic E-state index is 0.0333. The molecular formula is C13H9ClFNO5S. The van der Waals surface area contributed by atoms with E-state index in [2.05, 4.69) is 0 Å². The number of anilines is 2. The quantitative estimate of drug-likeness (QED) is 0.739. The SMILES string of the molecule is O=C(O)c1ccc(N(c2ccc(F)c(Cl)c2)S(=O)O)cc1O. The lowest BCUT2D eigenvalue weighted by Gasteiger charge is -2.20. The zero-order chi connectivity index (χ0) is 16.4. The maximum atomic E-state index is 13.2. The molecule has 2 aromatic carbocycles. The van der Waals surface area contributed by atoms with E-state index >= 15 is 0 Å². The molecule has 0 amide bonds. The molecule has 0 aromatic heterocycles. The van der Waals surface area contributed by atoms with Crippen molar-refractivity contribution in [3.8, 4) is 5.75 Å². The molecule has 2 rings (SSSR count). The molecule has 2 aromatic rings. The molecule has 6 nitrogen and oxygen atoms in total. The van der Waals surface area contributed by atoms with Crippen LogP contribution in [0.2, 0.25) is 5.02 Å². The van der Waals surface area contributed by atoms with E-state index in [1.807, 2.05) is 0 Å². The van der Waals surface area contributed by atoms with Crippen LogP contribution in [0.4, 0.5) is 15.8 Å². The summed E-state index contributed by atoms with van der Waals surface area (Å²) < 4.78 is 35.0. The number of hydrogen-bond donors (Lipinski definition) is 3. The topological polar surface area (TPSA) is 98.1 Å². The number of phenols is 1. The predicted octanol–water partition coefficient (Wildman–Crippen LogP) is 3.16. The monoisotopic (exact) mass is 345 g/mol. The molecule has 0 bridgehead atoms. The Morgan fingerprint density at radius 3 is 2.27 bits per heavy atom. The first-order valence-electron chi connectivity index (χ1n) is 5.73. The molecule has 1 atom stereocenters. The summed E-state index contributed by atoms with van der Waals surface area (Å²) in [5, 5.41) is 18.3. The Morgan fingerprint density at radius 1 is 1.18 bits per heavy atom. The highest BCUT2D eigenvalue weighted by Crippen LogP contribution is 2.33. The summed E-state index contributed by atoms with van der Waals surface area (Å²) in [5.74, 6) is -2.61. The molecular weight excluding hydrogens is 337 g/mol. The number of hydrogen-bond acceptors (Lipinski definition) is 3. The molecule has 116 valence electrons. The van der Waals surface area contributed by atoms with Gasteiger partial charge in [-0.1, -0.05) is 11.6 Å². The molecule has 0 fully saturated rings. The van der Waals surface area contributed by atoms with Crippen LogP contribution in [0.3, 0.4) is 0 Å². The first-order valence-corrected chi connectivity index (χ1v) is 7.18. The minimum atomic E-state index is -2.55. The lowest BCUT2D eigenvalue weighted by molar-refractivity contribution is 0.0694. The predicted molar refractivity (Wildman–Crippen MR) is 79.4 cm³/mol. The molecule has 1 unspecified atom stereocenters. The number of carboxylic acids is 1. The summed E-state index contributed by atoms with van der Waals surface area (Å²) in [6, 6.07) is 6.69. The van der Waals surface area contributed by atoms with E-state index in [4.69, 9.17) is 16.7 Å². The Bertz CT molecular complexity index is 770. The summed E-state index contributed by atoms with van der Waals surface area (Å²) in [7, 11) is 0. The average Bonchev–Trinajstić information content (AvgIpc) is 2.42. The molecule has 0 saturated heterocycles. The molecule has 0 heterocycles. The van der Waals surface area contributed by atoms with Crippen LogP contribution in [0.1, 0.15) is 10.4 Å². The fourth-order valence-electron chi connectivity index (χ4n) is 1.77. The smallest absolute Gasteiger partial charge is 0.339 e. The summed E-state index contributed by atoms with van der Waals surface area (Å²) in [4.78, 5) is 10.8. The molecule has 0 aliphatic carbocycles. The van der Waals surface area contributed by atoms with Crippen molar-refractivity contribution in [2.24, 2.45) is 0 Å². The van der Waals surface area contributed by atoms with Gasteiger partial charge >= 0.3 is 5.97 Å². The summed E-state index contributed by atoms with van der Waals surface area (Å²) in [6.45, 7) is 0. The average molecular weight is 346 g/mol. The third-order valence-electron chi connectivity index (χ3n) is 2.74. The Kier molecular flexibility index (Phi) is 4.65. The second-order valence-electron chi connectivity index (χ2n) is 4.13. The number of aromatic hydroxyl groups is 1. The maximum absolute atomic E-state index is 13.2. The highest BCUT2D eigenvalue weighted by molar-refractivity contribution is 7.81. The van der Waals surface area contributed by atoms with Crippen molar-refractivity contribution >= 4 is 40.2 Å². The van der Waals surface area contributed by atoms with Crippen LogP contribution < -0.4 is 4.31 Å². The lowest BCUT2D eigenvalue weighted by atomic mass is 10.1. The van der Waals surface area contributed by atoms with Crippen molar-refractivity contribution in [3.05, 3.63) is 52.8 Å². The first-order chi connectivity index (χ1) is 10.3. The zero-order valence-corrected chi connectivity index (χ0v) is 12.3. The first kappa shape index (κ1) is 16.2. The normalized spacial score (nSPS) is 12.0. The van der Waals surface area contributed by atoms with Gasteiger partial charge in [0.1, 0.15) is 17.1 Å². The van der Waals surface area contributed by atoms with Gasteiger partial charge in [-0.3, -0.25) is 4.55 Å². The van der Waals surface area contributed by atoms with Gasteiger partial charge in [-0.15, -0.1) is 0 Å². The molecule has 0 spiro atoms. The Morgan fingerprint density at radius 2 is 1.77 bits per heavy atom. The number of rotatable bonds is 4. The molecule has 0 radical (unpaired) electrons. The third-order valence-corrected chi connectivity index (χ3v) is 3.76. The van der Waals surface area contributed by atoms with Crippen molar-refractivity contribution in [3.63, 3.8) is 0 Å². The summed E-state index contributed by atoms with van der Waals surface area (Å²) >= 11 is 3.09. The van der Waals surface area contributed by atoms with E-state index in [1.54, 1.807) is 0 Å². The van der Waals surface area contributed by atoms with Crippen LogP contribution in [0.5, 0.6) is 5.75 Å². The number of nitrogens with zero attached hydrogens (tertiary/aromatic N) is 1. The van der Waals surface area contributed by atoms with Gasteiger partial charge in [0.25, 0.3) is 11.3 Å². The number of carboxylic acid groups (broad SMARTS) is 1. The second-order valence-corrected chi connectivity index (χ2v) is 5.36. The summed E-state index contributed by atoms with van der Waals surface area (Å²) in [6.07, 6.45) is 0. The lowest BCUT2D eigenvalue weighted by Crippen LogP contribution is -2.19. The largest absolute Gasteiger partial charge is 0.507 e. The van der Waals surface area contributed by atoms with Crippen LogP contribution >= 0.6 is 11.6 Å². The van der Waals surface area contributed by atoms with Gasteiger partial charge in [-0.25, -0.2) is 17.7 Å². The molecule has 0 saturated carbocycles. The maximum Gasteiger partial charge on any atom is 0.339 e. The van der Waals surface area contributed by atoms with Gasteiger partial charge in [0, 0.05) is 6.07 Å². The molecule has 22 heavy (non-hydrogen) atoms. The minimum Gasteiger partial charge on any atom is -0.507 e. The Labute approximate surface area is 131 Å². The molecule has 9 heteroatoms. The molecule has 0 aliphatic rings. The Balaban J connectivity index is 2.53. The van der Waals surface area contributed by atoms with Crippen LogP contribution in [-0.2, 0) is 11.3 Å². The van der Waals surface area contributed by atoms with Crippen LogP contribution in [0.15, 0.2) is 36.4 Å². The number of aromatic carboxylic acids is 1. The van der Waals surface area contributed by atoms with Crippen molar-refractivity contribution < 1.29 is 28.2 Å². The van der Waals surface area contributed by atoms with Crippen LogP contribution in [0.25, 0.3) is 0 Å². The number of benzene rings is 2. The van der Waals surface area contributed by atoms with E-state index in [-0.39, 0.29) is 22.0 Å². The van der Waals surface area contributed by atoms with Gasteiger partial charge in [-0.2, -0.15) is 0 Å². The van der Waals surface area contributed by atoms with Crippen molar-refractivity contribution in [1.82, 2.24) is 0 Å². The highest BCUT2D eigenvalue weighted by atomic mass is 35.5. The molecule has 0 aliphatic heterocycles. The number of halogens is 2. The fourth-order valence-corrected chi connectivity index (χ4v) is 2.53. The Hall–Kier alpha value is -2.16. The van der Waals surface area contributed by atoms with E-state index < -0.39 is 28.8 Å². The van der Waals surface area contributed by atoms with E-state index in [1.165, 1.54) is 12.1 Å².